The zero-order valence-corrected chi connectivity index (χ0v) is 16.5. The topological polar surface area (TPSA) is 102 Å². The van der Waals surface area contributed by atoms with Crippen LogP contribution < -0.4 is 10.0 Å². The Hall–Kier alpha value is -2.19. The van der Waals surface area contributed by atoms with Crippen molar-refractivity contribution < 1.29 is 22.7 Å². The number of rotatable bonds is 8. The molecule has 0 radical (unpaired) electrons. The van der Waals surface area contributed by atoms with E-state index >= 15 is 0 Å². The van der Waals surface area contributed by atoms with Gasteiger partial charge in [-0.1, -0.05) is 13.0 Å². The fraction of sp³-hybridized carbons (Fsp3) is 0.444. The third-order valence-electron chi connectivity index (χ3n) is 3.31. The van der Waals surface area contributed by atoms with Gasteiger partial charge in [0.05, 0.1) is 4.90 Å². The van der Waals surface area contributed by atoms with Crippen LogP contribution in [-0.2, 0) is 24.3 Å². The summed E-state index contributed by atoms with van der Waals surface area (Å²) in [7, 11) is -3.59. The van der Waals surface area contributed by atoms with Crippen LogP contribution in [0.5, 0.6) is 0 Å². The number of sulfonamides is 1. The van der Waals surface area contributed by atoms with E-state index in [1.165, 1.54) is 31.2 Å². The summed E-state index contributed by atoms with van der Waals surface area (Å²) >= 11 is 0. The summed E-state index contributed by atoms with van der Waals surface area (Å²) in [5.41, 5.74) is 0.849. The summed E-state index contributed by atoms with van der Waals surface area (Å²) in [5.74, 6) is -1.05. The maximum atomic E-state index is 12.1. The van der Waals surface area contributed by atoms with E-state index in [4.69, 9.17) is 4.74 Å². The number of hydrogen-bond donors (Lipinski definition) is 2. The van der Waals surface area contributed by atoms with Gasteiger partial charge in [0, 0.05) is 17.3 Å². The molecule has 7 nitrogen and oxygen atoms in total. The number of hydrogen-bond acceptors (Lipinski definition) is 5. The van der Waals surface area contributed by atoms with E-state index in [1.54, 1.807) is 26.8 Å². The normalized spacial score (nSPS) is 13.4. The highest BCUT2D eigenvalue weighted by atomic mass is 32.2. The predicted molar refractivity (Wildman–Crippen MR) is 100 cm³/mol. The minimum atomic E-state index is -3.59. The molecule has 1 atom stereocenters. The monoisotopic (exact) mass is 382 g/mol. The molecule has 0 aliphatic carbocycles. The highest BCUT2D eigenvalue weighted by molar-refractivity contribution is 7.89. The van der Waals surface area contributed by atoms with Crippen LogP contribution in [0.2, 0.25) is 0 Å². The van der Waals surface area contributed by atoms with Crippen molar-refractivity contribution in [2.75, 3.05) is 5.32 Å². The Bertz CT molecular complexity index is 767. The van der Waals surface area contributed by atoms with Crippen molar-refractivity contribution in [2.45, 2.75) is 58.1 Å². The molecule has 1 rings (SSSR count). The number of carbonyl (C=O) groups is 2. The number of amides is 1. The van der Waals surface area contributed by atoms with Crippen LogP contribution in [0.15, 0.2) is 40.8 Å². The Morgan fingerprint density at radius 1 is 1.15 bits per heavy atom. The maximum Gasteiger partial charge on any atom is 0.334 e. The summed E-state index contributed by atoms with van der Waals surface area (Å²) < 4.78 is 31.7. The molecule has 0 spiro atoms. The molecule has 0 aromatic heterocycles. The number of nitrogens with one attached hydrogen (secondary N) is 2. The van der Waals surface area contributed by atoms with E-state index in [0.717, 1.165) is 0 Å². The lowest BCUT2D eigenvalue weighted by Crippen LogP contribution is -2.31. The van der Waals surface area contributed by atoms with Crippen molar-refractivity contribution in [3.63, 3.8) is 0 Å². The maximum absolute atomic E-state index is 12.1. The van der Waals surface area contributed by atoms with Crippen LogP contribution >= 0.6 is 0 Å². The summed E-state index contributed by atoms with van der Waals surface area (Å²) in [6, 6.07) is 5.52. The molecule has 0 bridgehead atoms. The number of ether oxygens (including phenoxy) is 1. The minimum absolute atomic E-state index is 0.101. The molecule has 0 aliphatic heterocycles. The van der Waals surface area contributed by atoms with Gasteiger partial charge in [-0.15, -0.1) is 0 Å². The second kappa shape index (κ2) is 9.49. The highest BCUT2D eigenvalue weighted by Crippen LogP contribution is 2.15. The quantitative estimate of drug-likeness (QED) is 0.531. The molecular weight excluding hydrogens is 356 g/mol. The van der Waals surface area contributed by atoms with Crippen LogP contribution in [0.1, 0.15) is 41.0 Å². The molecule has 26 heavy (non-hydrogen) atoms. The minimum Gasteiger partial charge on any atom is -0.449 e. The van der Waals surface area contributed by atoms with Gasteiger partial charge in [-0.25, -0.2) is 17.9 Å². The van der Waals surface area contributed by atoms with Gasteiger partial charge in [-0.2, -0.15) is 0 Å². The van der Waals surface area contributed by atoms with Crippen LogP contribution in [0.25, 0.3) is 0 Å². The molecule has 0 saturated heterocycles. The summed E-state index contributed by atoms with van der Waals surface area (Å²) in [4.78, 5) is 24.0. The van der Waals surface area contributed by atoms with E-state index < -0.39 is 28.0 Å². The first-order valence-corrected chi connectivity index (χ1v) is 9.86. The van der Waals surface area contributed by atoms with Gasteiger partial charge in [0.2, 0.25) is 10.0 Å². The molecule has 0 saturated carbocycles. The molecule has 2 N–H and O–H groups in total. The van der Waals surface area contributed by atoms with Gasteiger partial charge in [0.25, 0.3) is 5.91 Å². The van der Waals surface area contributed by atoms with Gasteiger partial charge in [-0.3, -0.25) is 4.79 Å². The lowest BCUT2D eigenvalue weighted by molar-refractivity contribution is -0.149. The Balaban J connectivity index is 2.73. The van der Waals surface area contributed by atoms with Crippen molar-refractivity contribution >= 4 is 27.6 Å². The van der Waals surface area contributed by atoms with Gasteiger partial charge in [0.15, 0.2) is 6.10 Å². The molecule has 144 valence electrons. The molecule has 1 unspecified atom stereocenters. The zero-order valence-electron chi connectivity index (χ0n) is 15.7. The Morgan fingerprint density at radius 3 is 2.23 bits per heavy atom. The standard InChI is InChI=1S/C18H26N2O5S/c1-6-7-13(4)18(22)25-14(5)17(21)19-15-8-10-16(11-9-15)26(23,24)20-12(2)3/h7-12,14,20H,6H2,1-5H3,(H,19,21)/b13-7-. The van der Waals surface area contributed by atoms with Crippen LogP contribution in [0.4, 0.5) is 5.69 Å². The van der Waals surface area contributed by atoms with E-state index in [9.17, 15) is 18.0 Å². The smallest absolute Gasteiger partial charge is 0.334 e. The number of anilines is 1. The van der Waals surface area contributed by atoms with Gasteiger partial charge >= 0.3 is 5.97 Å². The second-order valence-electron chi connectivity index (χ2n) is 6.13. The lowest BCUT2D eigenvalue weighted by atomic mass is 10.2. The zero-order chi connectivity index (χ0) is 19.9. The SMILES string of the molecule is CC/C=C(/C)C(=O)OC(C)C(=O)Nc1ccc(S(=O)(=O)NC(C)C)cc1. The van der Waals surface area contributed by atoms with Crippen molar-refractivity contribution in [2.24, 2.45) is 0 Å². The van der Waals surface area contributed by atoms with E-state index in [1.807, 2.05) is 6.92 Å². The van der Waals surface area contributed by atoms with E-state index in [0.29, 0.717) is 17.7 Å². The number of carbonyl (C=O) groups excluding carboxylic acids is 2. The summed E-state index contributed by atoms with van der Waals surface area (Å²) in [6.45, 7) is 8.45. The molecule has 8 heteroatoms. The fourth-order valence-electron chi connectivity index (χ4n) is 2.04. The summed E-state index contributed by atoms with van der Waals surface area (Å²) in [6.07, 6.45) is 1.44. The van der Waals surface area contributed by atoms with Gasteiger partial charge in [0.1, 0.15) is 0 Å². The average Bonchev–Trinajstić information content (AvgIpc) is 2.54. The van der Waals surface area contributed by atoms with E-state index in [-0.39, 0.29) is 10.9 Å². The molecule has 1 amide bonds. The van der Waals surface area contributed by atoms with Crippen molar-refractivity contribution in [1.29, 1.82) is 0 Å². The number of benzene rings is 1. The Morgan fingerprint density at radius 2 is 1.73 bits per heavy atom. The molecule has 1 aromatic carbocycles. The lowest BCUT2D eigenvalue weighted by Gasteiger charge is -2.14. The molecule has 0 fully saturated rings. The molecule has 1 aromatic rings. The fourth-order valence-corrected chi connectivity index (χ4v) is 3.29. The summed E-state index contributed by atoms with van der Waals surface area (Å²) in [5, 5.41) is 2.59. The van der Waals surface area contributed by atoms with E-state index in [2.05, 4.69) is 10.0 Å². The van der Waals surface area contributed by atoms with Crippen LogP contribution in [0, 0.1) is 0 Å². The third kappa shape index (κ3) is 6.61. The van der Waals surface area contributed by atoms with Crippen LogP contribution in [-0.4, -0.2) is 32.4 Å². The van der Waals surface area contributed by atoms with Gasteiger partial charge < -0.3 is 10.1 Å². The first-order chi connectivity index (χ1) is 12.1. The highest BCUT2D eigenvalue weighted by Gasteiger charge is 2.19. The third-order valence-corrected chi connectivity index (χ3v) is 4.98. The Labute approximate surface area is 154 Å². The molecule has 0 heterocycles. The second-order valence-corrected chi connectivity index (χ2v) is 7.85. The number of allylic oxidation sites excluding steroid dienone is 1. The van der Waals surface area contributed by atoms with Crippen molar-refractivity contribution in [1.82, 2.24) is 4.72 Å². The molecule has 0 aliphatic rings. The predicted octanol–water partition coefficient (Wildman–Crippen LogP) is 2.60. The number of esters is 1. The Kier molecular flexibility index (Phi) is 7.98. The van der Waals surface area contributed by atoms with Crippen molar-refractivity contribution in [3.8, 4) is 0 Å². The first-order valence-electron chi connectivity index (χ1n) is 8.37. The average molecular weight is 382 g/mol. The van der Waals surface area contributed by atoms with Crippen molar-refractivity contribution in [3.05, 3.63) is 35.9 Å². The molecular formula is C18H26N2O5S. The first kappa shape index (κ1) is 21.9. The van der Waals surface area contributed by atoms with Gasteiger partial charge in [-0.05, 0) is 58.4 Å². The largest absolute Gasteiger partial charge is 0.449 e. The van der Waals surface area contributed by atoms with Crippen LogP contribution in [0.3, 0.4) is 0 Å².